The van der Waals surface area contributed by atoms with Crippen LogP contribution in [-0.4, -0.2) is 28.2 Å². The summed E-state index contributed by atoms with van der Waals surface area (Å²) >= 11 is 0. The smallest absolute Gasteiger partial charge is 0.322 e. The number of aromatic nitrogens is 2. The number of benzene rings is 2. The normalized spacial score (nSPS) is 11.3. The van der Waals surface area contributed by atoms with Crippen molar-refractivity contribution in [3.63, 3.8) is 0 Å². The molecule has 2 heterocycles. The third kappa shape index (κ3) is 7.83. The monoisotopic (exact) mass is 548 g/mol. The third-order valence-electron chi connectivity index (χ3n) is 7.03. The van der Waals surface area contributed by atoms with E-state index < -0.39 is 0 Å². The fourth-order valence-corrected chi connectivity index (χ4v) is 4.85. The number of hydrogen-bond acceptors (Lipinski definition) is 5. The molecule has 0 aliphatic heterocycles. The van der Waals surface area contributed by atoms with Gasteiger partial charge in [-0.15, -0.1) is 0 Å². The molecule has 41 heavy (non-hydrogen) atoms. The Morgan fingerprint density at radius 1 is 1.00 bits per heavy atom. The van der Waals surface area contributed by atoms with Crippen LogP contribution in [0.4, 0.5) is 16.3 Å². The maximum Gasteiger partial charge on any atom is 0.322 e. The van der Waals surface area contributed by atoms with Gasteiger partial charge >= 0.3 is 6.03 Å². The molecule has 2 aromatic heterocycles. The van der Waals surface area contributed by atoms with Crippen LogP contribution >= 0.6 is 0 Å². The summed E-state index contributed by atoms with van der Waals surface area (Å²) in [6.07, 6.45) is 4.96. The fraction of sp³-hybridized carbons (Fsp3) is 0.273. The second-order valence-electron chi connectivity index (χ2n) is 9.92. The first kappa shape index (κ1) is 29.1. The number of rotatable bonds is 12. The third-order valence-corrected chi connectivity index (χ3v) is 7.03. The number of urea groups is 1. The van der Waals surface area contributed by atoms with Gasteiger partial charge in [-0.05, 0) is 60.7 Å². The molecule has 0 radical (unpaired) electrons. The second kappa shape index (κ2) is 14.5. The van der Waals surface area contributed by atoms with E-state index in [2.05, 4.69) is 28.6 Å². The minimum atomic E-state index is -0.145. The highest BCUT2D eigenvalue weighted by molar-refractivity contribution is 5.93. The zero-order chi connectivity index (χ0) is 29.0. The van der Waals surface area contributed by atoms with Crippen LogP contribution in [0, 0.1) is 11.3 Å². The Labute approximate surface area is 241 Å². The number of carbonyl (C=O) groups excluding carboxylic acids is 1. The van der Waals surface area contributed by atoms with Crippen molar-refractivity contribution >= 4 is 17.5 Å². The summed E-state index contributed by atoms with van der Waals surface area (Å²) in [6.45, 7) is 3.26. The molecule has 210 valence electrons. The lowest BCUT2D eigenvalue weighted by molar-refractivity contribution is 0.242. The van der Waals surface area contributed by atoms with Gasteiger partial charge in [0.15, 0.2) is 0 Å². The van der Waals surface area contributed by atoms with Crippen molar-refractivity contribution in [2.45, 2.75) is 45.2 Å². The summed E-state index contributed by atoms with van der Waals surface area (Å²) < 4.78 is 1.62. The second-order valence-corrected chi connectivity index (χ2v) is 9.92. The van der Waals surface area contributed by atoms with Crippen molar-refractivity contribution in [3.8, 4) is 17.3 Å². The average molecular weight is 549 g/mol. The van der Waals surface area contributed by atoms with Gasteiger partial charge in [0.2, 0.25) is 0 Å². The topological polar surface area (TPSA) is 103 Å². The minimum Gasteiger partial charge on any atom is -0.370 e. The molecule has 2 amide bonds. The maximum atomic E-state index is 13.7. The van der Waals surface area contributed by atoms with E-state index in [0.29, 0.717) is 18.7 Å². The van der Waals surface area contributed by atoms with Crippen LogP contribution in [0.2, 0.25) is 0 Å². The molecule has 0 fully saturated rings. The minimum absolute atomic E-state index is 0.0153. The van der Waals surface area contributed by atoms with Gasteiger partial charge in [0.05, 0.1) is 11.3 Å². The van der Waals surface area contributed by atoms with Crippen molar-refractivity contribution < 1.29 is 4.79 Å². The van der Waals surface area contributed by atoms with Crippen molar-refractivity contribution in [1.29, 1.82) is 5.26 Å². The highest BCUT2D eigenvalue weighted by Crippen LogP contribution is 2.27. The molecule has 2 aromatic carbocycles. The van der Waals surface area contributed by atoms with Crippen LogP contribution in [0.25, 0.3) is 11.3 Å². The molecule has 0 saturated carbocycles. The van der Waals surface area contributed by atoms with Crippen molar-refractivity contribution in [2.75, 3.05) is 16.8 Å². The quantitative estimate of drug-likeness (QED) is 0.208. The molecule has 8 heteroatoms. The zero-order valence-corrected chi connectivity index (χ0v) is 23.6. The molecule has 4 rings (SSSR count). The van der Waals surface area contributed by atoms with Crippen molar-refractivity contribution in [1.82, 2.24) is 14.9 Å². The van der Waals surface area contributed by atoms with Gasteiger partial charge in [0, 0.05) is 44.1 Å². The molecular formula is C33H36N6O2. The lowest BCUT2D eigenvalue weighted by Gasteiger charge is -2.32. The molecule has 2 N–H and O–H groups in total. The first-order valence-corrected chi connectivity index (χ1v) is 14.0. The number of nitriles is 1. The van der Waals surface area contributed by atoms with Crippen LogP contribution in [0.15, 0.2) is 95.9 Å². The van der Waals surface area contributed by atoms with Crippen LogP contribution < -0.4 is 21.1 Å². The van der Waals surface area contributed by atoms with E-state index in [1.165, 1.54) is 6.07 Å². The Hall–Kier alpha value is -4.90. The van der Waals surface area contributed by atoms with E-state index >= 15 is 0 Å². The summed E-state index contributed by atoms with van der Waals surface area (Å²) in [5.74, 6) is 0.722. The Morgan fingerprint density at radius 2 is 1.78 bits per heavy atom. The Balaban J connectivity index is 1.53. The van der Waals surface area contributed by atoms with E-state index in [1.807, 2.05) is 65.6 Å². The van der Waals surface area contributed by atoms with Gasteiger partial charge in [-0.2, -0.15) is 5.26 Å². The Morgan fingerprint density at radius 3 is 2.46 bits per heavy atom. The molecule has 0 aliphatic carbocycles. The van der Waals surface area contributed by atoms with E-state index in [0.717, 1.165) is 54.0 Å². The van der Waals surface area contributed by atoms with Gasteiger partial charge in [-0.25, -0.2) is 9.78 Å². The number of nitrogens with zero attached hydrogens (tertiary/aromatic N) is 4. The number of amides is 2. The Bertz CT molecular complexity index is 1510. The summed E-state index contributed by atoms with van der Waals surface area (Å²) in [5.41, 5.74) is 4.02. The number of anilines is 2. The molecule has 0 spiro atoms. The first-order valence-electron chi connectivity index (χ1n) is 14.0. The number of hydrogen-bond donors (Lipinski definition) is 2. The first-order chi connectivity index (χ1) is 20.0. The molecule has 1 atom stereocenters. The van der Waals surface area contributed by atoms with Gasteiger partial charge in [0.25, 0.3) is 5.56 Å². The molecule has 0 bridgehead atoms. The van der Waals surface area contributed by atoms with Gasteiger partial charge in [0.1, 0.15) is 11.9 Å². The molecule has 0 saturated heterocycles. The highest BCUT2D eigenvalue weighted by Gasteiger charge is 2.25. The molecule has 0 aliphatic rings. The lowest BCUT2D eigenvalue weighted by atomic mass is 10.0. The standard InChI is InChI=1S/C33H36N6O2/c1-3-9-28(12-8-21-35-31-20-15-26(22-34)24-36-31)39(33(41)37-23-25-10-5-4-6-11-25)29-18-16-27(17-19-29)30-13-7-14-32(40)38(30)2/h4-7,10-11,13-20,24,28H,3,8-9,12,21,23H2,1-2H3,(H,35,36)(H,37,41)/t28-/m1/s1. The Kier molecular flexibility index (Phi) is 10.3. The maximum absolute atomic E-state index is 13.7. The van der Waals surface area contributed by atoms with E-state index in [1.54, 1.807) is 36.0 Å². The van der Waals surface area contributed by atoms with E-state index in [4.69, 9.17) is 5.26 Å². The fourth-order valence-electron chi connectivity index (χ4n) is 4.85. The number of carbonyl (C=O) groups is 1. The van der Waals surface area contributed by atoms with E-state index in [9.17, 15) is 9.59 Å². The van der Waals surface area contributed by atoms with Gasteiger partial charge in [-0.3, -0.25) is 9.69 Å². The largest absolute Gasteiger partial charge is 0.370 e. The van der Waals surface area contributed by atoms with Gasteiger partial charge < -0.3 is 15.2 Å². The number of pyridine rings is 2. The molecule has 8 nitrogen and oxygen atoms in total. The SMILES string of the molecule is CCC[C@H](CCCNc1ccc(C#N)cn1)N(C(=O)NCc1ccccc1)c1ccc(-c2cccc(=O)n2C)cc1. The predicted octanol–water partition coefficient (Wildman–Crippen LogP) is 6.10. The summed E-state index contributed by atoms with van der Waals surface area (Å²) in [6, 6.07) is 28.4. The average Bonchev–Trinajstić information content (AvgIpc) is 3.01. The van der Waals surface area contributed by atoms with Gasteiger partial charge in [-0.1, -0.05) is 61.9 Å². The van der Waals surface area contributed by atoms with Crippen LogP contribution in [-0.2, 0) is 13.6 Å². The highest BCUT2D eigenvalue weighted by atomic mass is 16.2. The van der Waals surface area contributed by atoms with Crippen LogP contribution in [0.5, 0.6) is 0 Å². The van der Waals surface area contributed by atoms with Crippen molar-refractivity contribution in [2.24, 2.45) is 7.05 Å². The van der Waals surface area contributed by atoms with E-state index in [-0.39, 0.29) is 17.6 Å². The lowest BCUT2D eigenvalue weighted by Crippen LogP contribution is -2.46. The summed E-state index contributed by atoms with van der Waals surface area (Å²) in [7, 11) is 1.76. The van der Waals surface area contributed by atoms with Crippen LogP contribution in [0.3, 0.4) is 0 Å². The zero-order valence-electron chi connectivity index (χ0n) is 23.6. The summed E-state index contributed by atoms with van der Waals surface area (Å²) in [4.78, 5) is 32.0. The number of nitrogens with one attached hydrogen (secondary N) is 2. The van der Waals surface area contributed by atoms with Crippen LogP contribution in [0.1, 0.15) is 43.7 Å². The molecular weight excluding hydrogens is 512 g/mol. The predicted molar refractivity (Wildman–Crippen MR) is 164 cm³/mol. The van der Waals surface area contributed by atoms with Crippen molar-refractivity contribution in [3.05, 3.63) is 113 Å². The molecule has 4 aromatic rings. The molecule has 0 unspecified atom stereocenters. The summed E-state index contributed by atoms with van der Waals surface area (Å²) in [5, 5.41) is 15.4.